The maximum Gasteiger partial charge on any atom is 0.158 e. The summed E-state index contributed by atoms with van der Waals surface area (Å²) >= 11 is 0. The van der Waals surface area contributed by atoms with Gasteiger partial charge in [-0.3, -0.25) is 4.79 Å². The van der Waals surface area contributed by atoms with Crippen LogP contribution in [-0.4, -0.2) is 22.7 Å². The van der Waals surface area contributed by atoms with Crippen LogP contribution in [0.2, 0.25) is 0 Å². The molecule has 5 heteroatoms. The molecule has 1 aromatic heterocycles. The number of carbonyl (C=O) groups excluding carboxylic acids is 1. The summed E-state index contributed by atoms with van der Waals surface area (Å²) < 4.78 is 19.3. The Morgan fingerprint density at radius 1 is 1.38 bits per heavy atom. The average molecular weight is 220 g/mol. The standard InChI is InChI=1S/C11H9FN2O2/c12-9-1-3-10(4-2-9)14-8-11(7-13-14)16-6-5-15/h1-5,7-8H,6H2. The molecule has 0 spiro atoms. The number of hydrogen-bond donors (Lipinski definition) is 0. The number of rotatable bonds is 4. The van der Waals surface area contributed by atoms with E-state index >= 15 is 0 Å². The van der Waals surface area contributed by atoms with Gasteiger partial charge in [-0.1, -0.05) is 0 Å². The first kappa shape index (κ1) is 10.4. The zero-order valence-corrected chi connectivity index (χ0v) is 8.34. The Labute approximate surface area is 91.3 Å². The number of nitrogens with zero attached hydrogens (tertiary/aromatic N) is 2. The van der Waals surface area contributed by atoms with Gasteiger partial charge in [0.1, 0.15) is 12.4 Å². The number of hydrogen-bond acceptors (Lipinski definition) is 3. The summed E-state index contributed by atoms with van der Waals surface area (Å²) in [5.74, 6) is 0.199. The van der Waals surface area contributed by atoms with E-state index in [2.05, 4.69) is 5.10 Å². The van der Waals surface area contributed by atoms with Crippen LogP contribution in [0.25, 0.3) is 5.69 Å². The van der Waals surface area contributed by atoms with E-state index in [1.807, 2.05) is 0 Å². The summed E-state index contributed by atoms with van der Waals surface area (Å²) in [5.41, 5.74) is 0.724. The van der Waals surface area contributed by atoms with Crippen molar-refractivity contribution in [2.24, 2.45) is 0 Å². The van der Waals surface area contributed by atoms with Crippen molar-refractivity contribution in [1.82, 2.24) is 9.78 Å². The molecule has 0 saturated carbocycles. The van der Waals surface area contributed by atoms with Crippen LogP contribution in [-0.2, 0) is 4.79 Å². The van der Waals surface area contributed by atoms with Gasteiger partial charge in [0.2, 0.25) is 0 Å². The predicted octanol–water partition coefficient (Wildman–Crippen LogP) is 1.59. The Morgan fingerprint density at radius 3 is 2.81 bits per heavy atom. The molecule has 0 fully saturated rings. The van der Waals surface area contributed by atoms with Crippen molar-refractivity contribution in [2.45, 2.75) is 0 Å². The molecule has 0 radical (unpaired) electrons. The highest BCUT2D eigenvalue weighted by molar-refractivity contribution is 5.51. The zero-order valence-electron chi connectivity index (χ0n) is 8.34. The van der Waals surface area contributed by atoms with Gasteiger partial charge in [-0.05, 0) is 24.3 Å². The summed E-state index contributed by atoms with van der Waals surface area (Å²) in [6, 6.07) is 5.91. The molecule has 1 heterocycles. The maximum absolute atomic E-state index is 12.7. The van der Waals surface area contributed by atoms with E-state index in [-0.39, 0.29) is 12.4 Å². The molecule has 4 nitrogen and oxygen atoms in total. The number of halogens is 1. The molecule has 2 rings (SSSR count). The van der Waals surface area contributed by atoms with Crippen molar-refractivity contribution in [2.75, 3.05) is 6.61 Å². The molecule has 0 bridgehead atoms. The molecule has 0 unspecified atom stereocenters. The van der Waals surface area contributed by atoms with Crippen LogP contribution >= 0.6 is 0 Å². The summed E-state index contributed by atoms with van der Waals surface area (Å²) in [7, 11) is 0. The van der Waals surface area contributed by atoms with Gasteiger partial charge in [0.25, 0.3) is 0 Å². The van der Waals surface area contributed by atoms with Gasteiger partial charge >= 0.3 is 0 Å². The van der Waals surface area contributed by atoms with Crippen molar-refractivity contribution >= 4 is 6.29 Å². The molecule has 0 aliphatic carbocycles. The minimum absolute atomic E-state index is 0.00485. The minimum atomic E-state index is -0.298. The largest absolute Gasteiger partial charge is 0.483 e. The number of ether oxygens (including phenoxy) is 1. The molecule has 0 aliphatic rings. The first-order valence-electron chi connectivity index (χ1n) is 4.66. The highest BCUT2D eigenvalue weighted by Gasteiger charge is 2.01. The molecule has 1 aromatic carbocycles. The molecule has 0 N–H and O–H groups in total. The van der Waals surface area contributed by atoms with E-state index in [1.165, 1.54) is 18.3 Å². The van der Waals surface area contributed by atoms with Crippen LogP contribution in [0.4, 0.5) is 4.39 Å². The van der Waals surface area contributed by atoms with Crippen LogP contribution in [0, 0.1) is 5.82 Å². The van der Waals surface area contributed by atoms with Gasteiger partial charge in [-0.2, -0.15) is 5.10 Å². The molecule has 0 saturated heterocycles. The van der Waals surface area contributed by atoms with Crippen molar-refractivity contribution in [3.8, 4) is 11.4 Å². The summed E-state index contributed by atoms with van der Waals surface area (Å²) in [5, 5.41) is 4.02. The second-order valence-corrected chi connectivity index (χ2v) is 3.07. The van der Waals surface area contributed by atoms with Gasteiger partial charge < -0.3 is 4.74 Å². The summed E-state index contributed by atoms with van der Waals surface area (Å²) in [4.78, 5) is 10.1. The second-order valence-electron chi connectivity index (χ2n) is 3.07. The molecule has 0 atom stereocenters. The first-order valence-corrected chi connectivity index (χ1v) is 4.66. The number of aromatic nitrogens is 2. The molecule has 82 valence electrons. The first-order chi connectivity index (χ1) is 7.79. The van der Waals surface area contributed by atoms with Crippen LogP contribution < -0.4 is 4.74 Å². The van der Waals surface area contributed by atoms with Crippen molar-refractivity contribution in [3.05, 3.63) is 42.5 Å². The third-order valence-electron chi connectivity index (χ3n) is 1.97. The van der Waals surface area contributed by atoms with E-state index in [9.17, 15) is 9.18 Å². The fourth-order valence-corrected chi connectivity index (χ4v) is 1.25. The van der Waals surface area contributed by atoms with Crippen molar-refractivity contribution in [1.29, 1.82) is 0 Å². The molecular weight excluding hydrogens is 211 g/mol. The van der Waals surface area contributed by atoms with E-state index in [0.29, 0.717) is 12.0 Å². The quantitative estimate of drug-likeness (QED) is 0.735. The van der Waals surface area contributed by atoms with E-state index in [1.54, 1.807) is 23.0 Å². The van der Waals surface area contributed by atoms with Crippen molar-refractivity contribution < 1.29 is 13.9 Å². The molecule has 0 amide bonds. The van der Waals surface area contributed by atoms with Gasteiger partial charge in [-0.15, -0.1) is 0 Å². The third-order valence-corrected chi connectivity index (χ3v) is 1.97. The van der Waals surface area contributed by atoms with E-state index in [4.69, 9.17) is 4.74 Å². The monoisotopic (exact) mass is 220 g/mol. The normalized spacial score (nSPS) is 10.1. The van der Waals surface area contributed by atoms with Crippen molar-refractivity contribution in [3.63, 3.8) is 0 Å². The van der Waals surface area contributed by atoms with E-state index in [0.717, 1.165) is 5.69 Å². The highest BCUT2D eigenvalue weighted by Crippen LogP contribution is 2.13. The Balaban J connectivity index is 2.17. The molecule has 0 aliphatic heterocycles. The predicted molar refractivity (Wildman–Crippen MR) is 55.1 cm³/mol. The maximum atomic E-state index is 12.7. The summed E-state index contributed by atoms with van der Waals surface area (Å²) in [6.45, 7) is -0.00485. The molecular formula is C11H9FN2O2. The topological polar surface area (TPSA) is 44.1 Å². The van der Waals surface area contributed by atoms with E-state index < -0.39 is 0 Å². The van der Waals surface area contributed by atoms with Gasteiger partial charge in [-0.25, -0.2) is 9.07 Å². The second kappa shape index (κ2) is 4.57. The van der Waals surface area contributed by atoms with Gasteiger partial charge in [0.15, 0.2) is 12.0 Å². The number of carbonyl (C=O) groups is 1. The minimum Gasteiger partial charge on any atom is -0.483 e. The summed E-state index contributed by atoms with van der Waals surface area (Å²) in [6.07, 6.45) is 3.78. The molecule has 2 aromatic rings. The lowest BCUT2D eigenvalue weighted by atomic mass is 10.3. The van der Waals surface area contributed by atoms with Gasteiger partial charge in [0.05, 0.1) is 18.1 Å². The smallest absolute Gasteiger partial charge is 0.158 e. The van der Waals surface area contributed by atoms with Crippen LogP contribution in [0.15, 0.2) is 36.7 Å². The van der Waals surface area contributed by atoms with Gasteiger partial charge in [0, 0.05) is 0 Å². The lowest BCUT2D eigenvalue weighted by molar-refractivity contribution is -0.109. The lowest BCUT2D eigenvalue weighted by Crippen LogP contribution is -1.96. The Bertz CT molecular complexity index is 479. The third kappa shape index (κ3) is 2.25. The highest BCUT2D eigenvalue weighted by atomic mass is 19.1. The van der Waals surface area contributed by atoms with Crippen LogP contribution in [0.3, 0.4) is 0 Å². The fourth-order valence-electron chi connectivity index (χ4n) is 1.25. The van der Waals surface area contributed by atoms with Crippen LogP contribution in [0.5, 0.6) is 5.75 Å². The zero-order chi connectivity index (χ0) is 11.4. The van der Waals surface area contributed by atoms with Crippen LogP contribution in [0.1, 0.15) is 0 Å². The number of benzene rings is 1. The number of aldehydes is 1. The molecule has 16 heavy (non-hydrogen) atoms. The lowest BCUT2D eigenvalue weighted by Gasteiger charge is -1.99. The Hall–Kier alpha value is -2.17. The average Bonchev–Trinajstić information content (AvgIpc) is 2.76. The Kier molecular flexibility index (Phi) is 2.95. The fraction of sp³-hybridized carbons (Fsp3) is 0.0909. The Morgan fingerprint density at radius 2 is 2.12 bits per heavy atom. The SMILES string of the molecule is O=CCOc1cnn(-c2ccc(F)cc2)c1.